The molecular formula is C33H54N2O11. The van der Waals surface area contributed by atoms with E-state index in [0.717, 1.165) is 4.90 Å². The highest BCUT2D eigenvalue weighted by Gasteiger charge is 2.61. The number of nitrogens with zero attached hydrogens (tertiary/aromatic N) is 2. The number of aliphatic hydroxyl groups excluding tert-OH is 1. The summed E-state index contributed by atoms with van der Waals surface area (Å²) in [5.41, 5.74) is -2.86. The normalized spacial score (nSPS) is 43.2. The number of ether oxygens (including phenoxy) is 5. The van der Waals surface area contributed by atoms with E-state index < -0.39 is 89.3 Å². The fourth-order valence-corrected chi connectivity index (χ4v) is 7.69. The highest BCUT2D eigenvalue weighted by molar-refractivity contribution is 6.00. The molecule has 262 valence electrons. The Labute approximate surface area is 272 Å². The predicted molar refractivity (Wildman–Crippen MR) is 165 cm³/mol. The Morgan fingerprint density at radius 3 is 2.17 bits per heavy atom. The van der Waals surface area contributed by atoms with Gasteiger partial charge >= 0.3 is 12.1 Å². The van der Waals surface area contributed by atoms with Crippen LogP contribution in [0.25, 0.3) is 0 Å². The molecule has 0 radical (unpaired) electrons. The molecular weight excluding hydrogens is 600 g/mol. The maximum absolute atomic E-state index is 14.2. The van der Waals surface area contributed by atoms with E-state index in [-0.39, 0.29) is 30.8 Å². The van der Waals surface area contributed by atoms with Gasteiger partial charge < -0.3 is 33.7 Å². The average molecular weight is 655 g/mol. The minimum Gasteiger partial charge on any atom is -0.458 e. The number of carbonyl (C=O) groups is 5. The number of ketones is 2. The third kappa shape index (κ3) is 7.03. The summed E-state index contributed by atoms with van der Waals surface area (Å²) in [6.07, 6.45) is -4.73. The van der Waals surface area contributed by atoms with E-state index in [2.05, 4.69) is 0 Å². The highest BCUT2D eigenvalue weighted by atomic mass is 16.7. The van der Waals surface area contributed by atoms with Crippen molar-refractivity contribution in [3.05, 3.63) is 0 Å². The van der Waals surface area contributed by atoms with Crippen LogP contribution in [-0.2, 0) is 42.9 Å². The summed E-state index contributed by atoms with van der Waals surface area (Å²) in [7, 11) is 5.15. The van der Waals surface area contributed by atoms with Gasteiger partial charge in [-0.1, -0.05) is 27.7 Å². The van der Waals surface area contributed by atoms with Crippen molar-refractivity contribution in [2.45, 2.75) is 136 Å². The second kappa shape index (κ2) is 14.3. The fraction of sp³-hybridized carbons (Fsp3) is 0.848. The van der Waals surface area contributed by atoms with Crippen molar-refractivity contribution in [3.63, 3.8) is 0 Å². The lowest BCUT2D eigenvalue weighted by Gasteiger charge is -2.47. The zero-order valence-corrected chi connectivity index (χ0v) is 29.4. The number of aliphatic hydroxyl groups is 1. The van der Waals surface area contributed by atoms with Crippen LogP contribution in [0.15, 0.2) is 0 Å². The highest BCUT2D eigenvalue weighted by Crippen LogP contribution is 2.43. The van der Waals surface area contributed by atoms with E-state index in [4.69, 9.17) is 23.7 Å². The van der Waals surface area contributed by atoms with Gasteiger partial charge in [0.25, 0.3) is 0 Å². The number of hydrogen-bond donors (Lipinski definition) is 1. The Morgan fingerprint density at radius 1 is 1.04 bits per heavy atom. The van der Waals surface area contributed by atoms with Gasteiger partial charge in [0.2, 0.25) is 5.91 Å². The van der Waals surface area contributed by atoms with Gasteiger partial charge in [0.05, 0.1) is 23.9 Å². The number of likely N-dealkylation sites (N-methyl/N-ethyl adjacent to an activating group) is 1. The molecule has 13 atom stereocenters. The molecule has 13 nitrogen and oxygen atoms in total. The summed E-state index contributed by atoms with van der Waals surface area (Å²) in [6, 6.07) is -1.38. The smallest absolute Gasteiger partial charge is 0.417 e. The number of amides is 2. The molecule has 0 saturated carbocycles. The average Bonchev–Trinajstić information content (AvgIpc) is 3.27. The molecule has 3 heterocycles. The van der Waals surface area contributed by atoms with Gasteiger partial charge in [0.15, 0.2) is 17.7 Å². The van der Waals surface area contributed by atoms with Gasteiger partial charge in [-0.15, -0.1) is 0 Å². The van der Waals surface area contributed by atoms with Crippen molar-refractivity contribution >= 4 is 29.5 Å². The topological polar surface area (TPSA) is 158 Å². The molecule has 3 fully saturated rings. The van der Waals surface area contributed by atoms with Crippen molar-refractivity contribution in [1.29, 1.82) is 0 Å². The van der Waals surface area contributed by atoms with Crippen molar-refractivity contribution in [2.75, 3.05) is 21.2 Å². The maximum atomic E-state index is 14.2. The Balaban J connectivity index is 2.15. The van der Waals surface area contributed by atoms with Crippen molar-refractivity contribution < 1.29 is 52.8 Å². The van der Waals surface area contributed by atoms with E-state index in [1.54, 1.807) is 41.5 Å². The first-order valence-electron chi connectivity index (χ1n) is 16.3. The molecule has 0 aromatic rings. The van der Waals surface area contributed by atoms with Gasteiger partial charge in [-0.25, -0.2) is 9.69 Å². The third-order valence-corrected chi connectivity index (χ3v) is 10.4. The molecule has 13 heteroatoms. The van der Waals surface area contributed by atoms with Crippen LogP contribution in [0.3, 0.4) is 0 Å². The van der Waals surface area contributed by atoms with Crippen LogP contribution in [0.5, 0.6) is 0 Å². The number of Topliss-reactive ketones (excluding diaryl/α,β-unsaturated/α-hetero) is 2. The lowest BCUT2D eigenvalue weighted by atomic mass is 9.73. The van der Waals surface area contributed by atoms with Gasteiger partial charge in [-0.05, 0) is 61.1 Å². The summed E-state index contributed by atoms with van der Waals surface area (Å²) in [6.45, 7) is 14.5. The second-order valence-corrected chi connectivity index (χ2v) is 14.1. The first-order valence-corrected chi connectivity index (χ1v) is 16.3. The van der Waals surface area contributed by atoms with E-state index >= 15 is 0 Å². The van der Waals surface area contributed by atoms with Crippen LogP contribution < -0.4 is 0 Å². The quantitative estimate of drug-likeness (QED) is 0.342. The van der Waals surface area contributed by atoms with Crippen LogP contribution in [0.4, 0.5) is 4.79 Å². The maximum Gasteiger partial charge on any atom is 0.417 e. The molecule has 0 spiro atoms. The van der Waals surface area contributed by atoms with Crippen LogP contribution in [0, 0.1) is 23.7 Å². The zero-order valence-electron chi connectivity index (χ0n) is 29.4. The number of carbonyl (C=O) groups excluding carboxylic acids is 5. The van der Waals surface area contributed by atoms with Gasteiger partial charge in [0.1, 0.15) is 23.9 Å². The molecule has 46 heavy (non-hydrogen) atoms. The van der Waals surface area contributed by atoms with Gasteiger partial charge in [0, 0.05) is 37.8 Å². The Morgan fingerprint density at radius 2 is 1.65 bits per heavy atom. The Kier molecular flexibility index (Phi) is 11.9. The molecule has 3 rings (SSSR count). The molecule has 3 saturated heterocycles. The van der Waals surface area contributed by atoms with Crippen LogP contribution in [-0.4, -0.2) is 120 Å². The molecule has 0 aromatic carbocycles. The number of imide groups is 1. The zero-order chi connectivity index (χ0) is 35.0. The van der Waals surface area contributed by atoms with Gasteiger partial charge in [-0.2, -0.15) is 0 Å². The largest absolute Gasteiger partial charge is 0.458 e. The molecule has 0 bridgehead atoms. The number of cyclic esters (lactones) is 1. The van der Waals surface area contributed by atoms with E-state index in [9.17, 15) is 29.1 Å². The van der Waals surface area contributed by atoms with Crippen molar-refractivity contribution in [3.8, 4) is 0 Å². The fourth-order valence-electron chi connectivity index (χ4n) is 7.69. The lowest BCUT2D eigenvalue weighted by molar-refractivity contribution is -0.295. The summed E-state index contributed by atoms with van der Waals surface area (Å²) < 4.78 is 30.2. The van der Waals surface area contributed by atoms with Crippen LogP contribution in [0.2, 0.25) is 0 Å². The van der Waals surface area contributed by atoms with Crippen LogP contribution in [0.1, 0.15) is 81.6 Å². The number of hydrogen-bond acceptors (Lipinski definition) is 12. The Bertz CT molecular complexity index is 1180. The molecule has 0 aromatic heterocycles. The third-order valence-electron chi connectivity index (χ3n) is 10.4. The summed E-state index contributed by atoms with van der Waals surface area (Å²) >= 11 is 0. The number of rotatable bonds is 5. The SMILES string of the molecule is CC[C@H]1OC(=O)[C@H](C)C(=O)[C@H](C)[C@@H](O[C@@H]2O[C@H](C)C[C@H](N(C)C)[C@H]2O)[C@](C)(OC)C[C@@H](C)C(=O)[C@H](C)[C@H]2N(C(C)=O)C(=O)O[C@]12C. The summed E-state index contributed by atoms with van der Waals surface area (Å²) in [5.74, 6) is -6.12. The molecule has 2 amide bonds. The summed E-state index contributed by atoms with van der Waals surface area (Å²) in [4.78, 5) is 70.5. The van der Waals surface area contributed by atoms with Crippen LogP contribution >= 0.6 is 0 Å². The lowest BCUT2D eigenvalue weighted by Crippen LogP contribution is -2.60. The first kappa shape index (κ1) is 38.0. The minimum atomic E-state index is -1.56. The molecule has 3 aliphatic heterocycles. The number of methoxy groups -OCH3 is 1. The van der Waals surface area contributed by atoms with E-state index in [0.29, 0.717) is 6.42 Å². The van der Waals surface area contributed by atoms with Crippen molar-refractivity contribution in [2.24, 2.45) is 23.7 Å². The second-order valence-electron chi connectivity index (χ2n) is 14.1. The molecule has 1 N–H and O–H groups in total. The first-order chi connectivity index (χ1) is 21.2. The monoisotopic (exact) mass is 654 g/mol. The molecule has 0 aliphatic carbocycles. The van der Waals surface area contributed by atoms with E-state index in [1.807, 2.05) is 25.9 Å². The minimum absolute atomic E-state index is 0.0682. The number of esters is 1. The Hall–Kier alpha value is -2.45. The molecule has 3 aliphatic rings. The standard InChI is InChI=1S/C33H54N2O11/c1-13-23-33(9)27(35(21(7)36)31(41)46-33)18(4)24(37)16(2)15-32(8,42-12)28(19(5)25(38)20(6)29(40)44-23)45-30-26(39)22(34(10)11)14-17(3)43-30/h16-20,22-23,26-28,30,39H,13-15H2,1-12H3/t16-,17-,18+,19+,20-,22+,23-,26-,27-,28-,30+,32-,33-/m1/s1. The van der Waals surface area contributed by atoms with E-state index in [1.165, 1.54) is 21.0 Å². The molecule has 0 unspecified atom stereocenters. The summed E-state index contributed by atoms with van der Waals surface area (Å²) in [5, 5.41) is 11.3. The van der Waals surface area contributed by atoms with Crippen molar-refractivity contribution in [1.82, 2.24) is 9.80 Å². The van der Waals surface area contributed by atoms with Gasteiger partial charge in [-0.3, -0.25) is 19.2 Å². The predicted octanol–water partition coefficient (Wildman–Crippen LogP) is 2.74. The number of fused-ring (bicyclic) bond motifs is 1.